The standard InChI is InChI=1S/C20H20N4O3/c1-4-26-15-8-5-13(6-9-15)19-22-18(23-27-19)14-7-10-17-16(11-14)21-20(25)24(17)12(2)3/h5-12H,4H2,1-3H3,(H,21,25). The predicted octanol–water partition coefficient (Wildman–Crippen LogP) is 4.03. The van der Waals surface area contributed by atoms with Gasteiger partial charge in [0.2, 0.25) is 5.82 Å². The molecular formula is C20H20N4O3. The van der Waals surface area contributed by atoms with Crippen molar-refractivity contribution in [1.82, 2.24) is 19.7 Å². The van der Waals surface area contributed by atoms with Crippen LogP contribution in [0.2, 0.25) is 0 Å². The van der Waals surface area contributed by atoms with Crippen molar-refractivity contribution in [3.05, 3.63) is 52.9 Å². The summed E-state index contributed by atoms with van der Waals surface area (Å²) in [7, 11) is 0. The van der Waals surface area contributed by atoms with E-state index in [-0.39, 0.29) is 11.7 Å². The van der Waals surface area contributed by atoms with Crippen LogP contribution in [0.15, 0.2) is 51.8 Å². The highest BCUT2D eigenvalue weighted by molar-refractivity contribution is 5.81. The van der Waals surface area contributed by atoms with Crippen molar-refractivity contribution in [2.24, 2.45) is 0 Å². The smallest absolute Gasteiger partial charge is 0.326 e. The Kier molecular flexibility index (Phi) is 4.27. The van der Waals surface area contributed by atoms with Crippen molar-refractivity contribution in [3.8, 4) is 28.6 Å². The van der Waals surface area contributed by atoms with E-state index in [0.717, 1.165) is 27.9 Å². The molecule has 0 aliphatic carbocycles. The van der Waals surface area contributed by atoms with Crippen LogP contribution in [0.5, 0.6) is 5.75 Å². The second kappa shape index (κ2) is 6.75. The zero-order valence-electron chi connectivity index (χ0n) is 15.4. The van der Waals surface area contributed by atoms with E-state index >= 15 is 0 Å². The summed E-state index contributed by atoms with van der Waals surface area (Å²) in [5, 5.41) is 4.08. The highest BCUT2D eigenvalue weighted by Gasteiger charge is 2.14. The Hall–Kier alpha value is -3.35. The van der Waals surface area contributed by atoms with Crippen LogP contribution in [0, 0.1) is 0 Å². The lowest BCUT2D eigenvalue weighted by Crippen LogP contribution is -2.18. The fraction of sp³-hybridized carbons (Fsp3) is 0.250. The van der Waals surface area contributed by atoms with Crippen molar-refractivity contribution in [2.75, 3.05) is 6.61 Å². The number of hydrogen-bond acceptors (Lipinski definition) is 5. The van der Waals surface area contributed by atoms with Crippen LogP contribution in [0.4, 0.5) is 0 Å². The molecule has 0 spiro atoms. The van der Waals surface area contributed by atoms with Crippen LogP contribution in [-0.4, -0.2) is 26.3 Å². The Morgan fingerprint density at radius 3 is 2.59 bits per heavy atom. The van der Waals surface area contributed by atoms with Gasteiger partial charge in [0, 0.05) is 17.2 Å². The zero-order valence-corrected chi connectivity index (χ0v) is 15.4. The Morgan fingerprint density at radius 1 is 1.15 bits per heavy atom. The Balaban J connectivity index is 1.67. The molecule has 0 unspecified atom stereocenters. The van der Waals surface area contributed by atoms with Crippen LogP contribution in [0.25, 0.3) is 33.9 Å². The summed E-state index contributed by atoms with van der Waals surface area (Å²) < 4.78 is 12.6. The molecule has 138 valence electrons. The number of H-pyrrole nitrogens is 1. The van der Waals surface area contributed by atoms with E-state index < -0.39 is 0 Å². The minimum atomic E-state index is -0.125. The maximum absolute atomic E-state index is 12.1. The molecule has 0 aliphatic heterocycles. The van der Waals surface area contributed by atoms with Crippen LogP contribution < -0.4 is 10.4 Å². The van der Waals surface area contributed by atoms with Gasteiger partial charge in [0.15, 0.2) is 0 Å². The molecule has 2 aromatic heterocycles. The maximum atomic E-state index is 12.1. The summed E-state index contributed by atoms with van der Waals surface area (Å²) in [5.41, 5.74) is 3.08. The number of fused-ring (bicyclic) bond motifs is 1. The van der Waals surface area contributed by atoms with E-state index in [1.54, 1.807) is 4.57 Å². The molecule has 27 heavy (non-hydrogen) atoms. The van der Waals surface area contributed by atoms with Gasteiger partial charge in [-0.25, -0.2) is 4.79 Å². The van der Waals surface area contributed by atoms with Crippen molar-refractivity contribution >= 4 is 11.0 Å². The first-order valence-corrected chi connectivity index (χ1v) is 8.88. The lowest BCUT2D eigenvalue weighted by molar-refractivity contribution is 0.340. The van der Waals surface area contributed by atoms with E-state index in [9.17, 15) is 4.79 Å². The van der Waals surface area contributed by atoms with Gasteiger partial charge >= 0.3 is 5.69 Å². The average molecular weight is 364 g/mol. The fourth-order valence-electron chi connectivity index (χ4n) is 3.10. The summed E-state index contributed by atoms with van der Waals surface area (Å²) in [6.45, 7) is 6.51. The molecule has 0 fully saturated rings. The van der Waals surface area contributed by atoms with Gasteiger partial charge in [0.1, 0.15) is 5.75 Å². The van der Waals surface area contributed by atoms with Crippen molar-refractivity contribution < 1.29 is 9.26 Å². The number of imidazole rings is 1. The van der Waals surface area contributed by atoms with Crippen LogP contribution in [0.1, 0.15) is 26.8 Å². The van der Waals surface area contributed by atoms with Gasteiger partial charge in [-0.15, -0.1) is 0 Å². The number of rotatable bonds is 5. The molecule has 7 nitrogen and oxygen atoms in total. The molecule has 0 saturated carbocycles. The number of ether oxygens (including phenoxy) is 1. The molecule has 4 rings (SSSR count). The third-order valence-corrected chi connectivity index (χ3v) is 4.33. The topological polar surface area (TPSA) is 85.9 Å². The maximum Gasteiger partial charge on any atom is 0.326 e. The predicted molar refractivity (Wildman–Crippen MR) is 103 cm³/mol. The first kappa shape index (κ1) is 17.1. The second-order valence-electron chi connectivity index (χ2n) is 6.51. The summed E-state index contributed by atoms with van der Waals surface area (Å²) in [4.78, 5) is 19.5. The molecule has 2 heterocycles. The molecule has 0 aliphatic rings. The number of hydrogen-bond donors (Lipinski definition) is 1. The van der Waals surface area contributed by atoms with Crippen LogP contribution in [-0.2, 0) is 0 Å². The highest BCUT2D eigenvalue weighted by atomic mass is 16.5. The van der Waals surface area contributed by atoms with Crippen molar-refractivity contribution in [2.45, 2.75) is 26.8 Å². The second-order valence-corrected chi connectivity index (χ2v) is 6.51. The first-order valence-electron chi connectivity index (χ1n) is 8.88. The third kappa shape index (κ3) is 3.12. The minimum absolute atomic E-state index is 0.0773. The largest absolute Gasteiger partial charge is 0.494 e. The number of nitrogens with one attached hydrogen (secondary N) is 1. The van der Waals surface area contributed by atoms with Gasteiger partial charge in [-0.3, -0.25) is 4.57 Å². The summed E-state index contributed by atoms with van der Waals surface area (Å²) in [5.74, 6) is 1.70. The van der Waals surface area contributed by atoms with Crippen molar-refractivity contribution in [1.29, 1.82) is 0 Å². The molecule has 1 N–H and O–H groups in total. The van der Waals surface area contributed by atoms with Gasteiger partial charge in [0.25, 0.3) is 5.89 Å². The molecule has 0 atom stereocenters. The van der Waals surface area contributed by atoms with Gasteiger partial charge in [-0.1, -0.05) is 5.16 Å². The average Bonchev–Trinajstić information content (AvgIpc) is 3.25. The summed E-state index contributed by atoms with van der Waals surface area (Å²) >= 11 is 0. The molecule has 0 radical (unpaired) electrons. The quantitative estimate of drug-likeness (QED) is 0.578. The molecule has 0 bridgehead atoms. The number of aromatic amines is 1. The highest BCUT2D eigenvalue weighted by Crippen LogP contribution is 2.26. The normalized spacial score (nSPS) is 11.4. The minimum Gasteiger partial charge on any atom is -0.494 e. The SMILES string of the molecule is CCOc1ccc(-c2nc(-c3ccc4c(c3)[nH]c(=O)n4C(C)C)no2)cc1. The van der Waals surface area contributed by atoms with E-state index in [1.807, 2.05) is 63.2 Å². The fourth-order valence-corrected chi connectivity index (χ4v) is 3.10. The van der Waals surface area contributed by atoms with E-state index in [4.69, 9.17) is 9.26 Å². The third-order valence-electron chi connectivity index (χ3n) is 4.33. The van der Waals surface area contributed by atoms with Crippen molar-refractivity contribution in [3.63, 3.8) is 0 Å². The van der Waals surface area contributed by atoms with Gasteiger partial charge in [-0.2, -0.15) is 4.98 Å². The lowest BCUT2D eigenvalue weighted by atomic mass is 10.2. The van der Waals surface area contributed by atoms with Gasteiger partial charge < -0.3 is 14.2 Å². The molecular weight excluding hydrogens is 344 g/mol. The van der Waals surface area contributed by atoms with E-state index in [1.165, 1.54) is 0 Å². The van der Waals surface area contributed by atoms with E-state index in [0.29, 0.717) is 18.3 Å². The Morgan fingerprint density at radius 2 is 1.89 bits per heavy atom. The molecule has 0 saturated heterocycles. The molecule has 0 amide bonds. The lowest BCUT2D eigenvalue weighted by Gasteiger charge is -2.06. The van der Waals surface area contributed by atoms with E-state index in [2.05, 4.69) is 15.1 Å². The Labute approximate surface area is 155 Å². The molecule has 4 aromatic rings. The summed E-state index contributed by atoms with van der Waals surface area (Å²) in [6, 6.07) is 13.2. The molecule has 7 heteroatoms. The van der Waals surface area contributed by atoms with Crippen LogP contribution in [0.3, 0.4) is 0 Å². The molecule has 2 aromatic carbocycles. The monoisotopic (exact) mass is 364 g/mol. The number of aromatic nitrogens is 4. The van der Waals surface area contributed by atoms with Gasteiger partial charge in [-0.05, 0) is 63.2 Å². The number of benzene rings is 2. The Bertz CT molecular complexity index is 1140. The van der Waals surface area contributed by atoms with Crippen LogP contribution >= 0.6 is 0 Å². The summed E-state index contributed by atoms with van der Waals surface area (Å²) in [6.07, 6.45) is 0. The zero-order chi connectivity index (χ0) is 19.0. The number of nitrogens with zero attached hydrogens (tertiary/aromatic N) is 3. The van der Waals surface area contributed by atoms with Gasteiger partial charge in [0.05, 0.1) is 17.6 Å². The first-order chi connectivity index (χ1) is 13.1.